The number of nitrogens with one attached hydrogen (secondary N) is 1. The normalized spacial score (nSPS) is 14.0. The molecule has 1 heterocycles. The summed E-state index contributed by atoms with van der Waals surface area (Å²) < 4.78 is 0. The van der Waals surface area contributed by atoms with E-state index in [1.54, 1.807) is 0 Å². The molecule has 1 aromatic carbocycles. The van der Waals surface area contributed by atoms with Gasteiger partial charge < -0.3 is 15.1 Å². The van der Waals surface area contributed by atoms with E-state index in [4.69, 9.17) is 0 Å². The molecule has 0 aliphatic carbocycles. The first-order valence-corrected chi connectivity index (χ1v) is 9.70. The lowest BCUT2D eigenvalue weighted by Crippen LogP contribution is -2.47. The molecular formula is C20H36Cl2N4O. The molecule has 1 amide bonds. The highest BCUT2D eigenvalue weighted by Crippen LogP contribution is 2.07. The number of carbonyl (C=O) groups excluding carboxylic acids is 1. The van der Waals surface area contributed by atoms with E-state index in [9.17, 15) is 4.79 Å². The fraction of sp³-hybridized carbons (Fsp3) is 0.650. The van der Waals surface area contributed by atoms with Crippen molar-refractivity contribution in [2.75, 3.05) is 58.9 Å². The van der Waals surface area contributed by atoms with Gasteiger partial charge in [-0.1, -0.05) is 44.2 Å². The van der Waals surface area contributed by atoms with Crippen molar-refractivity contribution in [3.8, 4) is 0 Å². The Bertz CT molecular complexity index is 494. The molecule has 0 aromatic heterocycles. The Balaban J connectivity index is 0.00000338. The van der Waals surface area contributed by atoms with Crippen LogP contribution in [0.1, 0.15) is 25.8 Å². The monoisotopic (exact) mass is 418 g/mol. The van der Waals surface area contributed by atoms with E-state index >= 15 is 0 Å². The first-order valence-electron chi connectivity index (χ1n) is 9.70. The Morgan fingerprint density at radius 3 is 2.15 bits per heavy atom. The first kappa shape index (κ1) is 26.1. The van der Waals surface area contributed by atoms with Gasteiger partial charge in [-0.3, -0.25) is 9.69 Å². The Hall–Kier alpha value is -0.850. The average Bonchev–Trinajstić information content (AvgIpc) is 2.67. The first-order chi connectivity index (χ1) is 12.2. The van der Waals surface area contributed by atoms with Crippen molar-refractivity contribution in [1.82, 2.24) is 20.0 Å². The van der Waals surface area contributed by atoms with Crippen molar-refractivity contribution in [3.05, 3.63) is 35.9 Å². The smallest absolute Gasteiger partial charge is 0.223 e. The Kier molecular flexibility index (Phi) is 14.6. The highest BCUT2D eigenvalue weighted by Gasteiger charge is 2.17. The van der Waals surface area contributed by atoms with Gasteiger partial charge in [0, 0.05) is 58.8 Å². The largest absolute Gasteiger partial charge is 0.340 e. The van der Waals surface area contributed by atoms with Crippen LogP contribution in [0.25, 0.3) is 0 Å². The van der Waals surface area contributed by atoms with Gasteiger partial charge in [-0.15, -0.1) is 24.8 Å². The van der Waals surface area contributed by atoms with Gasteiger partial charge in [-0.05, 0) is 18.7 Å². The Labute approximate surface area is 177 Å². The minimum absolute atomic E-state index is 0. The summed E-state index contributed by atoms with van der Waals surface area (Å²) in [5, 5.41) is 3.30. The van der Waals surface area contributed by atoms with Gasteiger partial charge in [0.15, 0.2) is 0 Å². The van der Waals surface area contributed by atoms with Crippen molar-refractivity contribution in [1.29, 1.82) is 0 Å². The third kappa shape index (κ3) is 9.77. The maximum Gasteiger partial charge on any atom is 0.223 e. The van der Waals surface area contributed by atoms with Crippen LogP contribution in [0.2, 0.25) is 0 Å². The maximum absolute atomic E-state index is 12.5. The summed E-state index contributed by atoms with van der Waals surface area (Å²) in [6.45, 7) is 13.9. The Morgan fingerprint density at radius 2 is 1.56 bits per heavy atom. The number of rotatable bonds is 10. The molecule has 0 saturated carbocycles. The van der Waals surface area contributed by atoms with Gasteiger partial charge in [0.25, 0.3) is 0 Å². The molecule has 0 radical (unpaired) electrons. The van der Waals surface area contributed by atoms with E-state index in [0.29, 0.717) is 12.3 Å². The SMILES string of the molecule is CCN(CC)CCN(CCC(=O)N1CCNCC1)Cc1ccccc1.Cl.Cl. The minimum atomic E-state index is 0. The van der Waals surface area contributed by atoms with Crippen LogP contribution < -0.4 is 5.32 Å². The zero-order valence-corrected chi connectivity index (χ0v) is 18.4. The quantitative estimate of drug-likeness (QED) is 0.633. The van der Waals surface area contributed by atoms with Crippen molar-refractivity contribution in [2.45, 2.75) is 26.8 Å². The molecule has 1 fully saturated rings. The summed E-state index contributed by atoms with van der Waals surface area (Å²) in [4.78, 5) is 19.3. The van der Waals surface area contributed by atoms with Crippen LogP contribution in [0.5, 0.6) is 0 Å². The van der Waals surface area contributed by atoms with E-state index in [-0.39, 0.29) is 24.8 Å². The number of likely N-dealkylation sites (N-methyl/N-ethyl adjacent to an activating group) is 1. The highest BCUT2D eigenvalue weighted by molar-refractivity contribution is 5.85. The van der Waals surface area contributed by atoms with Crippen molar-refractivity contribution < 1.29 is 4.79 Å². The number of hydrogen-bond acceptors (Lipinski definition) is 4. The molecule has 7 heteroatoms. The highest BCUT2D eigenvalue weighted by atomic mass is 35.5. The summed E-state index contributed by atoms with van der Waals surface area (Å²) in [6, 6.07) is 10.6. The zero-order valence-electron chi connectivity index (χ0n) is 16.7. The molecule has 0 spiro atoms. The predicted octanol–water partition coefficient (Wildman–Crippen LogP) is 2.50. The summed E-state index contributed by atoms with van der Waals surface area (Å²) in [5.74, 6) is 0.294. The van der Waals surface area contributed by atoms with Crippen molar-refractivity contribution in [3.63, 3.8) is 0 Å². The Morgan fingerprint density at radius 1 is 0.963 bits per heavy atom. The van der Waals surface area contributed by atoms with Crippen LogP contribution >= 0.6 is 24.8 Å². The average molecular weight is 419 g/mol. The van der Waals surface area contributed by atoms with Crippen LogP contribution in [0, 0.1) is 0 Å². The second-order valence-electron chi connectivity index (χ2n) is 6.67. The van der Waals surface area contributed by atoms with E-state index in [1.165, 1.54) is 5.56 Å². The van der Waals surface area contributed by atoms with Gasteiger partial charge in [-0.2, -0.15) is 0 Å². The van der Waals surface area contributed by atoms with Gasteiger partial charge in [-0.25, -0.2) is 0 Å². The van der Waals surface area contributed by atoms with E-state index in [0.717, 1.165) is 65.4 Å². The molecule has 0 atom stereocenters. The van der Waals surface area contributed by atoms with Crippen LogP contribution in [-0.2, 0) is 11.3 Å². The molecule has 2 rings (SSSR count). The predicted molar refractivity (Wildman–Crippen MR) is 118 cm³/mol. The molecule has 156 valence electrons. The molecule has 0 unspecified atom stereocenters. The van der Waals surface area contributed by atoms with Crippen LogP contribution in [0.3, 0.4) is 0 Å². The number of benzene rings is 1. The summed E-state index contributed by atoms with van der Waals surface area (Å²) >= 11 is 0. The van der Waals surface area contributed by atoms with Crippen LogP contribution in [-0.4, -0.2) is 79.5 Å². The lowest BCUT2D eigenvalue weighted by molar-refractivity contribution is -0.132. The number of hydrogen-bond donors (Lipinski definition) is 1. The number of halogens is 2. The maximum atomic E-state index is 12.5. The third-order valence-corrected chi connectivity index (χ3v) is 4.99. The van der Waals surface area contributed by atoms with Crippen LogP contribution in [0.4, 0.5) is 0 Å². The van der Waals surface area contributed by atoms with Gasteiger partial charge in [0.05, 0.1) is 0 Å². The van der Waals surface area contributed by atoms with E-state index < -0.39 is 0 Å². The van der Waals surface area contributed by atoms with Gasteiger partial charge in [0.1, 0.15) is 0 Å². The fourth-order valence-electron chi connectivity index (χ4n) is 3.26. The molecule has 1 aromatic rings. The van der Waals surface area contributed by atoms with Crippen molar-refractivity contribution in [2.24, 2.45) is 0 Å². The van der Waals surface area contributed by atoms with Gasteiger partial charge >= 0.3 is 0 Å². The topological polar surface area (TPSA) is 38.8 Å². The van der Waals surface area contributed by atoms with E-state index in [2.05, 4.69) is 59.3 Å². The number of carbonyl (C=O) groups is 1. The second-order valence-corrected chi connectivity index (χ2v) is 6.67. The molecule has 1 aliphatic rings. The minimum Gasteiger partial charge on any atom is -0.340 e. The molecule has 1 N–H and O–H groups in total. The molecule has 1 saturated heterocycles. The van der Waals surface area contributed by atoms with Gasteiger partial charge in [0.2, 0.25) is 5.91 Å². The number of amides is 1. The second kappa shape index (κ2) is 15.1. The summed E-state index contributed by atoms with van der Waals surface area (Å²) in [6.07, 6.45) is 0.616. The lowest BCUT2D eigenvalue weighted by Gasteiger charge is -2.30. The third-order valence-electron chi connectivity index (χ3n) is 4.99. The number of piperazine rings is 1. The molecule has 5 nitrogen and oxygen atoms in total. The summed E-state index contributed by atoms with van der Waals surface area (Å²) in [7, 11) is 0. The molecule has 0 bridgehead atoms. The van der Waals surface area contributed by atoms with E-state index in [1.807, 2.05) is 4.90 Å². The summed E-state index contributed by atoms with van der Waals surface area (Å²) in [5.41, 5.74) is 1.32. The molecule has 1 aliphatic heterocycles. The molecular weight excluding hydrogens is 383 g/mol. The van der Waals surface area contributed by atoms with Crippen LogP contribution in [0.15, 0.2) is 30.3 Å². The zero-order chi connectivity index (χ0) is 17.9. The fourth-order valence-corrected chi connectivity index (χ4v) is 3.26. The lowest BCUT2D eigenvalue weighted by atomic mass is 10.2. The standard InChI is InChI=1S/C20H34N4O.2ClH/c1-3-22(4-2)16-17-23(18-19-8-6-5-7-9-19)13-10-20(25)24-14-11-21-12-15-24;;/h5-9,21H,3-4,10-18H2,1-2H3;2*1H. The van der Waals surface area contributed by atoms with Crippen molar-refractivity contribution >= 4 is 30.7 Å². The number of nitrogens with zero attached hydrogens (tertiary/aromatic N) is 3. The molecule has 27 heavy (non-hydrogen) atoms.